The van der Waals surface area contributed by atoms with E-state index in [2.05, 4.69) is 18.8 Å². The zero-order valence-electron chi connectivity index (χ0n) is 12.1. The Balaban J connectivity index is 2.09. The van der Waals surface area contributed by atoms with Crippen LogP contribution >= 0.6 is 11.3 Å². The number of carbonyl (C=O) groups is 2. The molecule has 0 radical (unpaired) electrons. The lowest BCUT2D eigenvalue weighted by Gasteiger charge is -2.23. The number of rotatable bonds is 6. The molecule has 0 saturated heterocycles. The minimum atomic E-state index is -0.460. The van der Waals surface area contributed by atoms with Gasteiger partial charge in [-0.25, -0.2) is 9.78 Å². The van der Waals surface area contributed by atoms with Crippen LogP contribution in [0.5, 0.6) is 0 Å². The summed E-state index contributed by atoms with van der Waals surface area (Å²) in [6.45, 7) is 6.97. The predicted octanol–water partition coefficient (Wildman–Crippen LogP) is 2.58. The summed E-state index contributed by atoms with van der Waals surface area (Å²) >= 11 is 1.16. The van der Waals surface area contributed by atoms with E-state index in [0.717, 1.165) is 30.7 Å². The van der Waals surface area contributed by atoms with Crippen LogP contribution < -0.4 is 0 Å². The van der Waals surface area contributed by atoms with E-state index in [1.54, 1.807) is 12.3 Å². The normalized spacial score (nSPS) is 14.4. The molecule has 1 saturated carbocycles. The van der Waals surface area contributed by atoms with Crippen molar-refractivity contribution in [3.8, 4) is 0 Å². The number of aromatic nitrogens is 1. The van der Waals surface area contributed by atoms with Crippen LogP contribution in [0.2, 0.25) is 0 Å². The highest BCUT2D eigenvalue weighted by molar-refractivity contribution is 7.11. The zero-order valence-corrected chi connectivity index (χ0v) is 12.9. The van der Waals surface area contributed by atoms with E-state index >= 15 is 0 Å². The molecule has 0 unspecified atom stereocenters. The smallest absolute Gasteiger partial charge is 0.367 e. The van der Waals surface area contributed by atoms with Crippen LogP contribution in [-0.4, -0.2) is 41.0 Å². The van der Waals surface area contributed by atoms with Crippen LogP contribution in [0, 0.1) is 5.92 Å². The van der Waals surface area contributed by atoms with Crippen LogP contribution in [0.1, 0.15) is 53.9 Å². The van der Waals surface area contributed by atoms with Gasteiger partial charge in [0.1, 0.15) is 5.69 Å². The fourth-order valence-electron chi connectivity index (χ4n) is 1.98. The SMILES string of the molecule is CCOC(=O)c1nc(C(=O)N(CC(C)C)C2CC2)cs1. The highest BCUT2D eigenvalue weighted by Gasteiger charge is 2.34. The maximum atomic E-state index is 12.5. The molecule has 0 N–H and O–H groups in total. The molecule has 1 aliphatic rings. The van der Waals surface area contributed by atoms with Crippen molar-refractivity contribution in [2.45, 2.75) is 39.7 Å². The third-order valence-corrected chi connectivity index (χ3v) is 3.81. The number of hydrogen-bond donors (Lipinski definition) is 0. The second-order valence-electron chi connectivity index (χ2n) is 5.34. The third kappa shape index (κ3) is 3.56. The summed E-state index contributed by atoms with van der Waals surface area (Å²) in [4.78, 5) is 30.1. The second-order valence-corrected chi connectivity index (χ2v) is 6.20. The van der Waals surface area contributed by atoms with Crippen LogP contribution in [0.15, 0.2) is 5.38 Å². The van der Waals surface area contributed by atoms with Crippen molar-refractivity contribution in [1.29, 1.82) is 0 Å². The van der Waals surface area contributed by atoms with E-state index in [1.165, 1.54) is 0 Å². The Kier molecular flexibility index (Phi) is 4.75. The molecular formula is C14H20N2O3S. The molecule has 20 heavy (non-hydrogen) atoms. The predicted molar refractivity (Wildman–Crippen MR) is 77.0 cm³/mol. The lowest BCUT2D eigenvalue weighted by Crippen LogP contribution is -2.36. The number of esters is 1. The second kappa shape index (κ2) is 6.35. The lowest BCUT2D eigenvalue weighted by molar-refractivity contribution is 0.0526. The van der Waals surface area contributed by atoms with Crippen LogP contribution in [0.4, 0.5) is 0 Å². The maximum absolute atomic E-state index is 12.5. The van der Waals surface area contributed by atoms with Gasteiger partial charge in [0.15, 0.2) is 0 Å². The first-order valence-corrected chi connectivity index (χ1v) is 7.84. The molecule has 0 aromatic carbocycles. The minimum absolute atomic E-state index is 0.0759. The van der Waals surface area contributed by atoms with Crippen molar-refractivity contribution in [2.24, 2.45) is 5.92 Å². The minimum Gasteiger partial charge on any atom is -0.461 e. The van der Waals surface area contributed by atoms with Gasteiger partial charge in [-0.15, -0.1) is 11.3 Å². The molecule has 2 rings (SSSR count). The summed E-state index contributed by atoms with van der Waals surface area (Å²) in [6, 6.07) is 0.345. The first-order valence-electron chi connectivity index (χ1n) is 6.96. The maximum Gasteiger partial charge on any atom is 0.367 e. The number of carbonyl (C=O) groups excluding carboxylic acids is 2. The van der Waals surface area contributed by atoms with Crippen molar-refractivity contribution in [3.63, 3.8) is 0 Å². The van der Waals surface area contributed by atoms with Gasteiger partial charge in [-0.2, -0.15) is 0 Å². The van der Waals surface area contributed by atoms with Gasteiger partial charge in [-0.05, 0) is 25.7 Å². The van der Waals surface area contributed by atoms with Gasteiger partial charge in [0.05, 0.1) is 6.61 Å². The molecule has 5 nitrogen and oxygen atoms in total. The number of amides is 1. The van der Waals surface area contributed by atoms with Crippen molar-refractivity contribution in [1.82, 2.24) is 9.88 Å². The highest BCUT2D eigenvalue weighted by atomic mass is 32.1. The first-order chi connectivity index (χ1) is 9.52. The Morgan fingerprint density at radius 1 is 1.50 bits per heavy atom. The van der Waals surface area contributed by atoms with Crippen LogP contribution in [0.25, 0.3) is 0 Å². The molecule has 0 spiro atoms. The third-order valence-electron chi connectivity index (χ3n) is 2.98. The monoisotopic (exact) mass is 296 g/mol. The van der Waals surface area contributed by atoms with Crippen molar-refractivity contribution >= 4 is 23.2 Å². The fraction of sp³-hybridized carbons (Fsp3) is 0.643. The Morgan fingerprint density at radius 3 is 2.75 bits per heavy atom. The number of hydrogen-bond acceptors (Lipinski definition) is 5. The van der Waals surface area contributed by atoms with E-state index in [9.17, 15) is 9.59 Å². The summed E-state index contributed by atoms with van der Waals surface area (Å²) < 4.78 is 4.89. The van der Waals surface area contributed by atoms with Crippen LogP contribution in [-0.2, 0) is 4.74 Å². The van der Waals surface area contributed by atoms with Crippen molar-refractivity contribution in [2.75, 3.05) is 13.2 Å². The molecule has 1 fully saturated rings. The summed E-state index contributed by atoms with van der Waals surface area (Å²) in [5.41, 5.74) is 0.352. The van der Waals surface area contributed by atoms with Crippen molar-refractivity contribution < 1.29 is 14.3 Å². The molecule has 1 heterocycles. The largest absolute Gasteiger partial charge is 0.461 e. The molecule has 0 bridgehead atoms. The summed E-state index contributed by atoms with van der Waals surface area (Å²) in [5, 5.41) is 1.89. The Hall–Kier alpha value is -1.43. The first kappa shape index (κ1) is 15.0. The molecule has 1 amide bonds. The van der Waals surface area contributed by atoms with Crippen LogP contribution in [0.3, 0.4) is 0 Å². The number of thiazole rings is 1. The van der Waals surface area contributed by atoms with E-state index in [0.29, 0.717) is 24.3 Å². The molecular weight excluding hydrogens is 276 g/mol. The summed E-state index contributed by atoms with van der Waals surface area (Å²) in [5.74, 6) is -0.117. The molecule has 1 aliphatic carbocycles. The Labute approximate surface area is 122 Å². The summed E-state index contributed by atoms with van der Waals surface area (Å²) in [7, 11) is 0. The van der Waals surface area contributed by atoms with Gasteiger partial charge in [0.25, 0.3) is 5.91 Å². The Bertz CT molecular complexity index is 494. The fourth-order valence-corrected chi connectivity index (χ4v) is 2.67. The quantitative estimate of drug-likeness (QED) is 0.757. The van der Waals surface area contributed by atoms with Gasteiger partial charge >= 0.3 is 5.97 Å². The lowest BCUT2D eigenvalue weighted by atomic mass is 10.2. The van der Waals surface area contributed by atoms with Gasteiger partial charge < -0.3 is 9.64 Å². The van der Waals surface area contributed by atoms with Gasteiger partial charge in [-0.1, -0.05) is 13.8 Å². The standard InChI is InChI=1S/C14H20N2O3S/c1-4-19-14(18)12-15-11(8-20-12)13(17)16(7-9(2)3)10-5-6-10/h8-10H,4-7H2,1-3H3. The zero-order chi connectivity index (χ0) is 14.7. The van der Waals surface area contributed by atoms with Gasteiger partial charge in [-0.3, -0.25) is 4.79 Å². The Morgan fingerprint density at radius 2 is 2.20 bits per heavy atom. The average Bonchev–Trinajstić information content (AvgIpc) is 3.11. The average molecular weight is 296 g/mol. The van der Waals surface area contributed by atoms with E-state index in [1.807, 2.05) is 4.90 Å². The number of nitrogens with zero attached hydrogens (tertiary/aromatic N) is 2. The molecule has 110 valence electrons. The van der Waals surface area contributed by atoms with Crippen molar-refractivity contribution in [3.05, 3.63) is 16.1 Å². The van der Waals surface area contributed by atoms with Gasteiger partial charge in [0.2, 0.25) is 5.01 Å². The highest BCUT2D eigenvalue weighted by Crippen LogP contribution is 2.29. The van der Waals surface area contributed by atoms with E-state index in [4.69, 9.17) is 4.74 Å². The number of ether oxygens (including phenoxy) is 1. The summed E-state index contributed by atoms with van der Waals surface area (Å²) in [6.07, 6.45) is 2.13. The van der Waals surface area contributed by atoms with E-state index in [-0.39, 0.29) is 10.9 Å². The molecule has 1 aromatic rings. The molecule has 0 atom stereocenters. The molecule has 1 aromatic heterocycles. The topological polar surface area (TPSA) is 59.5 Å². The molecule has 0 aliphatic heterocycles. The molecule has 6 heteroatoms. The van der Waals surface area contributed by atoms with Gasteiger partial charge in [0, 0.05) is 18.0 Å². The van der Waals surface area contributed by atoms with E-state index < -0.39 is 5.97 Å².